The highest BCUT2D eigenvalue weighted by atomic mass is 35.5. The summed E-state index contributed by atoms with van der Waals surface area (Å²) in [6.07, 6.45) is 8.56. The average Bonchev–Trinajstić information content (AvgIpc) is 3.16. The minimum absolute atomic E-state index is 0.0234. The van der Waals surface area contributed by atoms with Crippen LogP contribution in [0.25, 0.3) is 0 Å². The molecule has 0 radical (unpaired) electrons. The highest BCUT2D eigenvalue weighted by Gasteiger charge is 2.42. The lowest BCUT2D eigenvalue weighted by Crippen LogP contribution is -2.18. The second-order valence-electron chi connectivity index (χ2n) is 7.70. The highest BCUT2D eigenvalue weighted by Crippen LogP contribution is 2.46. The van der Waals surface area contributed by atoms with Crippen molar-refractivity contribution in [1.82, 2.24) is 0 Å². The molecule has 5 heteroatoms. The number of carbonyl (C=O) groups is 1. The first kappa shape index (κ1) is 20.4. The van der Waals surface area contributed by atoms with Crippen molar-refractivity contribution in [1.29, 1.82) is 0 Å². The molecule has 27 heavy (non-hydrogen) atoms. The Bertz CT molecular complexity index is 687. The predicted molar refractivity (Wildman–Crippen MR) is 106 cm³/mol. The summed E-state index contributed by atoms with van der Waals surface area (Å²) in [5.74, 6) is 0.0306. The van der Waals surface area contributed by atoms with E-state index < -0.39 is 6.10 Å². The van der Waals surface area contributed by atoms with E-state index in [2.05, 4.69) is 23.0 Å². The molecule has 0 spiro atoms. The molecule has 0 amide bonds. The third-order valence-electron chi connectivity index (χ3n) is 5.96. The number of carbonyl (C=O) groups excluding carboxylic acids is 1. The first-order valence-electron chi connectivity index (χ1n) is 9.86. The van der Waals surface area contributed by atoms with E-state index in [-0.39, 0.29) is 29.3 Å². The Balaban J connectivity index is 1.63. The van der Waals surface area contributed by atoms with Gasteiger partial charge in [0, 0.05) is 17.7 Å². The third-order valence-corrected chi connectivity index (χ3v) is 6.46. The van der Waals surface area contributed by atoms with Crippen LogP contribution in [-0.2, 0) is 16.0 Å². The van der Waals surface area contributed by atoms with Gasteiger partial charge in [-0.2, -0.15) is 0 Å². The van der Waals surface area contributed by atoms with Gasteiger partial charge >= 0.3 is 5.97 Å². The molecule has 5 unspecified atom stereocenters. The third kappa shape index (κ3) is 4.74. The number of halogens is 1. The maximum Gasteiger partial charge on any atom is 0.305 e. The van der Waals surface area contributed by atoms with Gasteiger partial charge in [0.15, 0.2) is 0 Å². The van der Waals surface area contributed by atoms with Crippen LogP contribution in [0.1, 0.15) is 67.2 Å². The van der Waals surface area contributed by atoms with Gasteiger partial charge in [-0.25, -0.2) is 0 Å². The van der Waals surface area contributed by atoms with Gasteiger partial charge in [-0.1, -0.05) is 30.4 Å². The molecule has 4 nitrogen and oxygen atoms in total. The number of hydrogen-bond acceptors (Lipinski definition) is 4. The molecule has 0 heterocycles. The topological polar surface area (TPSA) is 66.8 Å². The summed E-state index contributed by atoms with van der Waals surface area (Å²) in [6, 6.07) is 6.21. The fraction of sp³-hybridized carbons (Fsp3) is 0.591. The fourth-order valence-corrected chi connectivity index (χ4v) is 4.93. The normalized spacial score (nSPS) is 30.0. The molecule has 0 aliphatic heterocycles. The second-order valence-corrected chi connectivity index (χ2v) is 8.26. The van der Waals surface area contributed by atoms with Gasteiger partial charge in [0.2, 0.25) is 0 Å². The van der Waals surface area contributed by atoms with Gasteiger partial charge in [0.25, 0.3) is 0 Å². The van der Waals surface area contributed by atoms with Crippen LogP contribution in [0.15, 0.2) is 30.4 Å². The van der Waals surface area contributed by atoms with Crippen LogP contribution in [-0.4, -0.2) is 34.8 Å². The molecule has 1 saturated carbocycles. The van der Waals surface area contributed by atoms with Gasteiger partial charge in [0.1, 0.15) is 0 Å². The Morgan fingerprint density at radius 2 is 2.15 bits per heavy atom. The van der Waals surface area contributed by atoms with Crippen LogP contribution < -0.4 is 0 Å². The molecular formula is C22H29ClO4. The number of benzene rings is 1. The smallest absolute Gasteiger partial charge is 0.305 e. The fourth-order valence-electron chi connectivity index (χ4n) is 4.49. The number of ether oxygens (including phenoxy) is 1. The molecule has 5 atom stereocenters. The number of aryl methyl sites for hydroxylation is 1. The second kappa shape index (κ2) is 9.22. The van der Waals surface area contributed by atoms with Crippen molar-refractivity contribution in [3.05, 3.63) is 47.0 Å². The van der Waals surface area contributed by atoms with Gasteiger partial charge in [0.05, 0.1) is 19.3 Å². The Hall–Kier alpha value is -1.36. The molecule has 1 aromatic rings. The molecule has 1 fully saturated rings. The summed E-state index contributed by atoms with van der Waals surface area (Å²) in [7, 11) is 1.41. The molecule has 0 saturated heterocycles. The summed E-state index contributed by atoms with van der Waals surface area (Å²) in [4.78, 5) is 11.1. The van der Waals surface area contributed by atoms with Crippen molar-refractivity contribution in [3.63, 3.8) is 0 Å². The molecule has 2 N–H and O–H groups in total. The molecule has 3 rings (SSSR count). The van der Waals surface area contributed by atoms with E-state index in [1.807, 2.05) is 12.1 Å². The zero-order chi connectivity index (χ0) is 19.4. The number of esters is 1. The maximum absolute atomic E-state index is 11.1. The van der Waals surface area contributed by atoms with Crippen LogP contribution in [0.2, 0.25) is 0 Å². The summed E-state index contributed by atoms with van der Waals surface area (Å²) in [5.41, 5.74) is 3.35. The standard InChI is InChI=1S/C22H29ClO4/c1-27-21(26)7-5-3-2-4-6-17-18(23)13-20(25)22(17)15-8-10-16-14(12-15)9-11-19(16)24/h2,4,8,10,12,17-20,22,24-25H,3,5-7,9,11,13H2,1H3/b4-2+. The molecule has 0 aromatic heterocycles. The van der Waals surface area contributed by atoms with Crippen molar-refractivity contribution in [3.8, 4) is 0 Å². The minimum Gasteiger partial charge on any atom is -0.469 e. The van der Waals surface area contributed by atoms with Gasteiger partial charge in [-0.3, -0.25) is 4.79 Å². The Kier molecular flexibility index (Phi) is 6.96. The number of aliphatic hydroxyl groups excluding tert-OH is 2. The molecule has 148 valence electrons. The molecule has 0 bridgehead atoms. The first-order chi connectivity index (χ1) is 13.0. The van der Waals surface area contributed by atoms with Crippen molar-refractivity contribution in [2.75, 3.05) is 7.11 Å². The monoisotopic (exact) mass is 392 g/mol. The van der Waals surface area contributed by atoms with Crippen LogP contribution >= 0.6 is 11.6 Å². The summed E-state index contributed by atoms with van der Waals surface area (Å²) in [5, 5.41) is 20.6. The summed E-state index contributed by atoms with van der Waals surface area (Å²) in [6.45, 7) is 0. The van der Waals surface area contributed by atoms with Gasteiger partial charge in [-0.15, -0.1) is 11.6 Å². The largest absolute Gasteiger partial charge is 0.469 e. The lowest BCUT2D eigenvalue weighted by Gasteiger charge is -2.23. The Labute approximate surface area is 166 Å². The lowest BCUT2D eigenvalue weighted by molar-refractivity contribution is -0.140. The Morgan fingerprint density at radius 1 is 1.33 bits per heavy atom. The van der Waals surface area contributed by atoms with Crippen molar-refractivity contribution in [2.45, 2.75) is 68.4 Å². The number of fused-ring (bicyclic) bond motifs is 1. The van der Waals surface area contributed by atoms with Crippen molar-refractivity contribution >= 4 is 17.6 Å². The summed E-state index contributed by atoms with van der Waals surface area (Å²) >= 11 is 6.56. The average molecular weight is 393 g/mol. The van der Waals surface area contributed by atoms with Gasteiger partial charge in [-0.05, 0) is 61.1 Å². The van der Waals surface area contributed by atoms with E-state index in [4.69, 9.17) is 11.6 Å². The number of allylic oxidation sites excluding steroid dienone is 2. The molecular weight excluding hydrogens is 364 g/mol. The number of unbranched alkanes of at least 4 members (excludes halogenated alkanes) is 1. The number of hydrogen-bond donors (Lipinski definition) is 2. The van der Waals surface area contributed by atoms with Crippen molar-refractivity contribution in [2.24, 2.45) is 5.92 Å². The van der Waals surface area contributed by atoms with E-state index in [0.29, 0.717) is 12.8 Å². The first-order valence-corrected chi connectivity index (χ1v) is 10.3. The number of alkyl halides is 1. The number of rotatable bonds is 7. The predicted octanol–water partition coefficient (Wildman–Crippen LogP) is 4.03. The molecule has 2 aliphatic carbocycles. The zero-order valence-corrected chi connectivity index (χ0v) is 16.6. The quantitative estimate of drug-likeness (QED) is 0.318. The van der Waals surface area contributed by atoms with Crippen LogP contribution in [0.4, 0.5) is 0 Å². The Morgan fingerprint density at radius 3 is 2.93 bits per heavy atom. The van der Waals surface area contributed by atoms with Crippen LogP contribution in [0, 0.1) is 5.92 Å². The minimum atomic E-state index is -0.436. The highest BCUT2D eigenvalue weighted by molar-refractivity contribution is 6.21. The zero-order valence-electron chi connectivity index (χ0n) is 15.8. The van der Waals surface area contributed by atoms with E-state index in [0.717, 1.165) is 43.2 Å². The van der Waals surface area contributed by atoms with Gasteiger partial charge < -0.3 is 14.9 Å². The van der Waals surface area contributed by atoms with E-state index in [1.54, 1.807) is 0 Å². The molecule has 2 aliphatic rings. The SMILES string of the molecule is COC(=O)CCC/C=C/CC1C(Cl)CC(O)C1c1ccc2c(c1)CCC2O. The summed E-state index contributed by atoms with van der Waals surface area (Å²) < 4.78 is 4.64. The number of aliphatic hydroxyl groups is 2. The van der Waals surface area contributed by atoms with E-state index >= 15 is 0 Å². The van der Waals surface area contributed by atoms with Crippen LogP contribution in [0.3, 0.4) is 0 Å². The number of methoxy groups -OCH3 is 1. The van der Waals surface area contributed by atoms with Crippen molar-refractivity contribution < 1.29 is 19.7 Å². The van der Waals surface area contributed by atoms with E-state index in [1.165, 1.54) is 12.7 Å². The molecule has 1 aromatic carbocycles. The maximum atomic E-state index is 11.1. The lowest BCUT2D eigenvalue weighted by atomic mass is 9.84. The van der Waals surface area contributed by atoms with Crippen LogP contribution in [0.5, 0.6) is 0 Å². The van der Waals surface area contributed by atoms with E-state index in [9.17, 15) is 15.0 Å².